The van der Waals surface area contributed by atoms with Crippen LogP contribution in [0.4, 0.5) is 4.39 Å². The van der Waals surface area contributed by atoms with Gasteiger partial charge in [0.25, 0.3) is 0 Å². The fourth-order valence-electron chi connectivity index (χ4n) is 1.64. The summed E-state index contributed by atoms with van der Waals surface area (Å²) in [7, 11) is 1.49. The van der Waals surface area contributed by atoms with Gasteiger partial charge in [0.05, 0.1) is 23.1 Å². The van der Waals surface area contributed by atoms with Crippen molar-refractivity contribution in [2.75, 3.05) is 7.11 Å². The first kappa shape index (κ1) is 10.4. The number of rotatable bonds is 2. The summed E-state index contributed by atoms with van der Waals surface area (Å²) in [5.41, 5.74) is 0.322. The summed E-state index contributed by atoms with van der Waals surface area (Å²) in [5.74, 6) is 0.0825. The molecule has 4 heteroatoms. The molecule has 1 aliphatic rings. The van der Waals surface area contributed by atoms with Gasteiger partial charge in [0.15, 0.2) is 0 Å². The second-order valence-corrected chi connectivity index (χ2v) is 4.51. The van der Waals surface area contributed by atoms with E-state index in [-0.39, 0.29) is 5.82 Å². The van der Waals surface area contributed by atoms with Crippen LogP contribution in [-0.4, -0.2) is 7.11 Å². The molecule has 1 saturated carbocycles. The predicted molar refractivity (Wildman–Crippen MR) is 57.2 cm³/mol. The van der Waals surface area contributed by atoms with Crippen molar-refractivity contribution in [3.8, 4) is 11.8 Å². The van der Waals surface area contributed by atoms with Crippen LogP contribution in [0.1, 0.15) is 18.4 Å². The third-order valence-electron chi connectivity index (χ3n) is 2.72. The Kier molecular flexibility index (Phi) is 2.43. The van der Waals surface area contributed by atoms with Gasteiger partial charge in [0, 0.05) is 11.6 Å². The predicted octanol–water partition coefficient (Wildman–Crippen LogP) is 3.15. The highest BCUT2D eigenvalue weighted by Crippen LogP contribution is 2.51. The normalized spacial score (nSPS) is 16.9. The van der Waals surface area contributed by atoms with Crippen LogP contribution in [0.3, 0.4) is 0 Å². The molecule has 0 aliphatic heterocycles. The molecule has 0 unspecified atom stereocenters. The van der Waals surface area contributed by atoms with Crippen LogP contribution in [-0.2, 0) is 5.41 Å². The zero-order valence-corrected chi connectivity index (χ0v) is 9.77. The monoisotopic (exact) mass is 269 g/mol. The van der Waals surface area contributed by atoms with Gasteiger partial charge < -0.3 is 4.74 Å². The Morgan fingerprint density at radius 1 is 1.53 bits per heavy atom. The Bertz CT molecular complexity index is 449. The summed E-state index contributed by atoms with van der Waals surface area (Å²) in [5, 5.41) is 9.08. The smallest absolute Gasteiger partial charge is 0.141 e. The van der Waals surface area contributed by atoms with Crippen LogP contribution in [0.5, 0.6) is 5.75 Å². The van der Waals surface area contributed by atoms with Crippen LogP contribution < -0.4 is 4.74 Å². The highest BCUT2D eigenvalue weighted by molar-refractivity contribution is 9.10. The van der Waals surface area contributed by atoms with Crippen LogP contribution in [0.15, 0.2) is 16.6 Å². The number of methoxy groups -OCH3 is 1. The molecule has 0 atom stereocenters. The maximum Gasteiger partial charge on any atom is 0.141 e. The van der Waals surface area contributed by atoms with Gasteiger partial charge >= 0.3 is 0 Å². The molecule has 0 saturated heterocycles. The molecule has 2 rings (SSSR count). The van der Waals surface area contributed by atoms with E-state index in [4.69, 9.17) is 10.00 Å². The van der Waals surface area contributed by atoms with Gasteiger partial charge in [-0.25, -0.2) is 4.39 Å². The molecule has 2 nitrogen and oxygen atoms in total. The first-order valence-electron chi connectivity index (χ1n) is 4.58. The molecular formula is C11H9BrFNO. The molecule has 0 aromatic heterocycles. The molecule has 1 aliphatic carbocycles. The van der Waals surface area contributed by atoms with E-state index >= 15 is 0 Å². The lowest BCUT2D eigenvalue weighted by Crippen LogP contribution is -2.06. The molecule has 1 fully saturated rings. The summed E-state index contributed by atoms with van der Waals surface area (Å²) >= 11 is 3.12. The maximum atomic E-state index is 13.2. The van der Waals surface area contributed by atoms with Crippen molar-refractivity contribution in [1.29, 1.82) is 5.26 Å². The molecule has 0 amide bonds. The molecule has 0 heterocycles. The lowest BCUT2D eigenvalue weighted by Gasteiger charge is -2.12. The summed E-state index contributed by atoms with van der Waals surface area (Å²) in [6, 6.07) is 5.23. The Balaban J connectivity index is 2.56. The number of ether oxygens (including phenoxy) is 1. The van der Waals surface area contributed by atoms with E-state index in [2.05, 4.69) is 22.0 Å². The van der Waals surface area contributed by atoms with Gasteiger partial charge in [0.1, 0.15) is 11.6 Å². The largest absolute Gasteiger partial charge is 0.496 e. The lowest BCUT2D eigenvalue weighted by molar-refractivity contribution is 0.403. The van der Waals surface area contributed by atoms with Crippen molar-refractivity contribution in [3.63, 3.8) is 0 Å². The third kappa shape index (κ3) is 1.61. The van der Waals surface area contributed by atoms with Gasteiger partial charge in [0.2, 0.25) is 0 Å². The molecule has 1 aromatic carbocycles. The fraction of sp³-hybridized carbons (Fsp3) is 0.364. The molecule has 0 bridgehead atoms. The Hall–Kier alpha value is -1.08. The van der Waals surface area contributed by atoms with E-state index in [9.17, 15) is 4.39 Å². The third-order valence-corrected chi connectivity index (χ3v) is 3.33. The van der Waals surface area contributed by atoms with Gasteiger partial charge in [-0.05, 0) is 34.8 Å². The average Bonchev–Trinajstić information content (AvgIpc) is 3.02. The number of hydrogen-bond donors (Lipinski definition) is 0. The molecule has 0 radical (unpaired) electrons. The minimum Gasteiger partial charge on any atom is -0.496 e. The minimum atomic E-state index is -0.457. The van der Waals surface area contributed by atoms with E-state index in [1.54, 1.807) is 6.07 Å². The second-order valence-electron chi connectivity index (χ2n) is 3.66. The zero-order chi connectivity index (χ0) is 11.1. The Morgan fingerprint density at radius 2 is 2.20 bits per heavy atom. The van der Waals surface area contributed by atoms with Crippen molar-refractivity contribution in [2.24, 2.45) is 0 Å². The van der Waals surface area contributed by atoms with Gasteiger partial charge in [-0.2, -0.15) is 5.26 Å². The molecule has 0 N–H and O–H groups in total. The lowest BCUT2D eigenvalue weighted by atomic mass is 9.96. The van der Waals surface area contributed by atoms with E-state index < -0.39 is 5.41 Å². The summed E-state index contributed by atoms with van der Waals surface area (Å²) < 4.78 is 18.7. The van der Waals surface area contributed by atoms with E-state index in [1.807, 2.05) is 0 Å². The van der Waals surface area contributed by atoms with Crippen LogP contribution >= 0.6 is 15.9 Å². The quantitative estimate of drug-likeness (QED) is 0.827. The fourth-order valence-corrected chi connectivity index (χ4v) is 1.98. The van der Waals surface area contributed by atoms with Crippen molar-refractivity contribution >= 4 is 15.9 Å². The minimum absolute atomic E-state index is 0.371. The van der Waals surface area contributed by atoms with Gasteiger partial charge in [-0.3, -0.25) is 0 Å². The standard InChI is InChI=1S/C11H9BrFNO/c1-15-10-5-9(13)8(12)4-7(10)11(6-14)2-3-11/h4-5H,2-3H2,1H3. The van der Waals surface area contributed by atoms with Crippen molar-refractivity contribution < 1.29 is 9.13 Å². The van der Waals surface area contributed by atoms with Crippen molar-refractivity contribution in [1.82, 2.24) is 0 Å². The highest BCUT2D eigenvalue weighted by Gasteiger charge is 2.47. The summed E-state index contributed by atoms with van der Waals surface area (Å²) in [6.45, 7) is 0. The Morgan fingerprint density at radius 3 is 2.67 bits per heavy atom. The van der Waals surface area contributed by atoms with Gasteiger partial charge in [-0.15, -0.1) is 0 Å². The molecule has 78 valence electrons. The summed E-state index contributed by atoms with van der Waals surface area (Å²) in [6.07, 6.45) is 1.63. The van der Waals surface area contributed by atoms with Crippen molar-refractivity contribution in [3.05, 3.63) is 28.0 Å². The van der Waals surface area contributed by atoms with Gasteiger partial charge in [-0.1, -0.05) is 0 Å². The van der Waals surface area contributed by atoms with E-state index in [1.165, 1.54) is 13.2 Å². The number of nitrogens with zero attached hydrogens (tertiary/aromatic N) is 1. The summed E-state index contributed by atoms with van der Waals surface area (Å²) in [4.78, 5) is 0. The Labute approximate surface area is 95.8 Å². The van der Waals surface area contributed by atoms with Crippen molar-refractivity contribution in [2.45, 2.75) is 18.3 Å². The first-order chi connectivity index (χ1) is 7.13. The molecule has 15 heavy (non-hydrogen) atoms. The number of hydrogen-bond acceptors (Lipinski definition) is 2. The second kappa shape index (κ2) is 3.49. The SMILES string of the molecule is COc1cc(F)c(Br)cc1C1(C#N)CC1. The number of nitriles is 1. The number of halogens is 2. The van der Waals surface area contributed by atoms with E-state index in [0.29, 0.717) is 10.2 Å². The molecule has 0 spiro atoms. The maximum absolute atomic E-state index is 13.2. The zero-order valence-electron chi connectivity index (χ0n) is 8.18. The highest BCUT2D eigenvalue weighted by atomic mass is 79.9. The van der Waals surface area contributed by atoms with Crippen LogP contribution in [0.2, 0.25) is 0 Å². The number of benzene rings is 1. The van der Waals surface area contributed by atoms with E-state index in [0.717, 1.165) is 18.4 Å². The molecular weight excluding hydrogens is 261 g/mol. The van der Waals surface area contributed by atoms with Crippen LogP contribution in [0, 0.1) is 17.1 Å². The first-order valence-corrected chi connectivity index (χ1v) is 5.37. The molecule has 1 aromatic rings. The average molecular weight is 270 g/mol. The topological polar surface area (TPSA) is 33.0 Å². The van der Waals surface area contributed by atoms with Crippen LogP contribution in [0.25, 0.3) is 0 Å².